The average molecular weight is 433 g/mol. The molecule has 0 heterocycles. The molecule has 5 nitrogen and oxygen atoms in total. The van der Waals surface area contributed by atoms with Gasteiger partial charge in [-0.2, -0.15) is 13.2 Å². The number of carbonyl (C=O) groups excluding carboxylic acids is 1. The van der Waals surface area contributed by atoms with Gasteiger partial charge in [-0.15, -0.1) is 11.8 Å². The number of ether oxygens (including phenoxy) is 1. The molecule has 152 valence electrons. The Bertz CT molecular complexity index is 929. The number of hydrogen-bond acceptors (Lipinski definition) is 5. The highest BCUT2D eigenvalue weighted by Gasteiger charge is 2.33. The number of halogens is 3. The molecular formula is C18H18F3NO4S2. The van der Waals surface area contributed by atoms with Crippen LogP contribution < -0.4 is 4.31 Å². The minimum Gasteiger partial charge on any atom is -0.465 e. The Kier molecular flexibility index (Phi) is 7.00. The zero-order valence-electron chi connectivity index (χ0n) is 15.1. The summed E-state index contributed by atoms with van der Waals surface area (Å²) < 4.78 is 70.7. The molecule has 2 rings (SSSR count). The normalized spacial score (nSPS) is 11.9. The highest BCUT2D eigenvalue weighted by atomic mass is 32.2. The van der Waals surface area contributed by atoms with Crippen molar-refractivity contribution in [2.24, 2.45) is 0 Å². The molecule has 0 radical (unpaired) electrons. The lowest BCUT2D eigenvalue weighted by Crippen LogP contribution is -2.36. The number of esters is 1. The smallest absolute Gasteiger partial charge is 0.416 e. The summed E-state index contributed by atoms with van der Waals surface area (Å²) in [6.07, 6.45) is -2.84. The van der Waals surface area contributed by atoms with Crippen molar-refractivity contribution in [2.75, 3.05) is 23.7 Å². The number of rotatable bonds is 7. The van der Waals surface area contributed by atoms with Crippen LogP contribution in [0, 0.1) is 0 Å². The van der Waals surface area contributed by atoms with E-state index in [0.717, 1.165) is 17.0 Å². The molecule has 0 N–H and O–H groups in total. The topological polar surface area (TPSA) is 63.7 Å². The number of carbonyl (C=O) groups is 1. The van der Waals surface area contributed by atoms with Crippen molar-refractivity contribution in [3.05, 3.63) is 54.1 Å². The van der Waals surface area contributed by atoms with E-state index in [1.165, 1.54) is 30.0 Å². The maximum absolute atomic E-state index is 13.1. The van der Waals surface area contributed by atoms with Gasteiger partial charge in [0.2, 0.25) is 0 Å². The molecule has 10 heteroatoms. The van der Waals surface area contributed by atoms with Gasteiger partial charge >= 0.3 is 12.1 Å². The third-order valence-electron chi connectivity index (χ3n) is 3.69. The maximum atomic E-state index is 13.1. The summed E-state index contributed by atoms with van der Waals surface area (Å²) in [5, 5.41) is 0. The number of nitrogens with zero attached hydrogens (tertiary/aromatic N) is 1. The van der Waals surface area contributed by atoms with Gasteiger partial charge in [-0.3, -0.25) is 9.10 Å². The number of benzene rings is 2. The molecule has 0 fully saturated rings. The predicted octanol–water partition coefficient (Wildman–Crippen LogP) is 4.19. The Morgan fingerprint density at radius 3 is 2.32 bits per heavy atom. The van der Waals surface area contributed by atoms with Crippen LogP contribution in [0.1, 0.15) is 12.5 Å². The van der Waals surface area contributed by atoms with E-state index in [1.54, 1.807) is 19.1 Å². The molecule has 0 aromatic heterocycles. The Morgan fingerprint density at radius 1 is 1.14 bits per heavy atom. The van der Waals surface area contributed by atoms with E-state index in [9.17, 15) is 26.4 Å². The molecule has 0 unspecified atom stereocenters. The van der Waals surface area contributed by atoms with E-state index in [0.29, 0.717) is 10.4 Å². The van der Waals surface area contributed by atoms with Gasteiger partial charge in [0, 0.05) is 4.90 Å². The standard InChI is InChI=1S/C18H18F3NO4S2/c1-3-26-17(23)12-22(14-6-4-5-13(11-14)18(19,20)21)28(24,25)16-9-7-15(27-2)8-10-16/h4-11H,3,12H2,1-2H3. The van der Waals surface area contributed by atoms with Crippen LogP contribution in [0.5, 0.6) is 0 Å². The van der Waals surface area contributed by atoms with E-state index in [1.807, 2.05) is 6.26 Å². The predicted molar refractivity (Wildman–Crippen MR) is 101 cm³/mol. The van der Waals surface area contributed by atoms with Crippen molar-refractivity contribution in [1.29, 1.82) is 0 Å². The Labute approximate surface area is 165 Å². The Balaban J connectivity index is 2.53. The van der Waals surface area contributed by atoms with Crippen molar-refractivity contribution in [2.45, 2.75) is 22.9 Å². The number of hydrogen-bond donors (Lipinski definition) is 0. The van der Waals surface area contributed by atoms with Crippen molar-refractivity contribution in [3.8, 4) is 0 Å². The summed E-state index contributed by atoms with van der Waals surface area (Å²) >= 11 is 1.41. The molecule has 0 amide bonds. The summed E-state index contributed by atoms with van der Waals surface area (Å²) in [4.78, 5) is 12.6. The lowest BCUT2D eigenvalue weighted by Gasteiger charge is -2.24. The highest BCUT2D eigenvalue weighted by molar-refractivity contribution is 7.98. The van der Waals surface area contributed by atoms with Gasteiger partial charge < -0.3 is 4.74 Å². The van der Waals surface area contributed by atoms with Gasteiger partial charge in [-0.1, -0.05) is 6.07 Å². The molecule has 28 heavy (non-hydrogen) atoms. The minimum absolute atomic E-state index is 0.0116. The molecule has 0 aliphatic rings. The second kappa shape index (κ2) is 8.87. The summed E-state index contributed by atoms with van der Waals surface area (Å²) in [7, 11) is -4.30. The molecule has 0 atom stereocenters. The first-order valence-corrected chi connectivity index (χ1v) is 10.8. The van der Waals surface area contributed by atoms with Gasteiger partial charge in [0.25, 0.3) is 10.0 Å². The largest absolute Gasteiger partial charge is 0.465 e. The first kappa shape index (κ1) is 22.1. The lowest BCUT2D eigenvalue weighted by atomic mass is 10.2. The third-order valence-corrected chi connectivity index (χ3v) is 6.22. The summed E-state index contributed by atoms with van der Waals surface area (Å²) in [6, 6.07) is 9.63. The van der Waals surface area contributed by atoms with Gasteiger partial charge in [-0.25, -0.2) is 8.42 Å². The average Bonchev–Trinajstić information content (AvgIpc) is 2.65. The second-order valence-electron chi connectivity index (χ2n) is 5.54. The molecule has 0 aliphatic heterocycles. The summed E-state index contributed by atoms with van der Waals surface area (Å²) in [5.41, 5.74) is -1.30. The SMILES string of the molecule is CCOC(=O)CN(c1cccc(C(F)(F)F)c1)S(=O)(=O)c1ccc(SC)cc1. The van der Waals surface area contributed by atoms with Gasteiger partial charge in [-0.05, 0) is 55.6 Å². The number of sulfonamides is 1. The van der Waals surface area contributed by atoms with Crippen LogP contribution in [0.25, 0.3) is 0 Å². The number of alkyl halides is 3. The second-order valence-corrected chi connectivity index (χ2v) is 8.28. The zero-order chi connectivity index (χ0) is 20.9. The van der Waals surface area contributed by atoms with Gasteiger partial charge in [0.1, 0.15) is 6.54 Å². The van der Waals surface area contributed by atoms with Gasteiger partial charge in [0.05, 0.1) is 22.8 Å². The van der Waals surface area contributed by atoms with E-state index >= 15 is 0 Å². The van der Waals surface area contributed by atoms with E-state index in [4.69, 9.17) is 4.74 Å². The molecule has 0 saturated carbocycles. The van der Waals surface area contributed by atoms with Crippen molar-refractivity contribution >= 4 is 33.4 Å². The van der Waals surface area contributed by atoms with Crippen LogP contribution in [0.15, 0.2) is 58.3 Å². The Hall–Kier alpha value is -2.20. The number of anilines is 1. The fraction of sp³-hybridized carbons (Fsp3) is 0.278. The maximum Gasteiger partial charge on any atom is 0.416 e. The van der Waals surface area contributed by atoms with Crippen molar-refractivity contribution in [1.82, 2.24) is 0 Å². The van der Waals surface area contributed by atoms with Crippen LogP contribution in [0.4, 0.5) is 18.9 Å². The summed E-state index contributed by atoms with van der Waals surface area (Å²) in [5.74, 6) is -0.871. The molecule has 2 aromatic rings. The first-order valence-electron chi connectivity index (χ1n) is 8.09. The van der Waals surface area contributed by atoms with Crippen LogP contribution >= 0.6 is 11.8 Å². The van der Waals surface area contributed by atoms with Crippen LogP contribution in [-0.2, 0) is 25.7 Å². The first-order chi connectivity index (χ1) is 13.1. The molecule has 2 aromatic carbocycles. The summed E-state index contributed by atoms with van der Waals surface area (Å²) in [6.45, 7) is 0.807. The third kappa shape index (κ3) is 5.20. The monoisotopic (exact) mass is 433 g/mol. The molecule has 0 aliphatic carbocycles. The quantitative estimate of drug-likeness (QED) is 0.484. The molecule has 0 spiro atoms. The van der Waals surface area contributed by atoms with Crippen LogP contribution in [0.3, 0.4) is 0 Å². The van der Waals surface area contributed by atoms with E-state index in [-0.39, 0.29) is 17.2 Å². The van der Waals surface area contributed by atoms with Crippen molar-refractivity contribution < 1.29 is 31.1 Å². The fourth-order valence-corrected chi connectivity index (χ4v) is 4.16. The highest BCUT2D eigenvalue weighted by Crippen LogP contribution is 2.33. The Morgan fingerprint density at radius 2 is 1.79 bits per heavy atom. The number of thioether (sulfide) groups is 1. The fourth-order valence-electron chi connectivity index (χ4n) is 2.35. The van der Waals surface area contributed by atoms with Crippen molar-refractivity contribution in [3.63, 3.8) is 0 Å². The minimum atomic E-state index is -4.66. The molecule has 0 bridgehead atoms. The zero-order valence-corrected chi connectivity index (χ0v) is 16.7. The van der Waals surface area contributed by atoms with Crippen LogP contribution in [0.2, 0.25) is 0 Å². The van der Waals surface area contributed by atoms with E-state index < -0.39 is 34.3 Å². The van der Waals surface area contributed by atoms with Gasteiger partial charge in [0.15, 0.2) is 0 Å². The van der Waals surface area contributed by atoms with E-state index in [2.05, 4.69) is 0 Å². The van der Waals surface area contributed by atoms with Crippen LogP contribution in [-0.4, -0.2) is 33.8 Å². The lowest BCUT2D eigenvalue weighted by molar-refractivity contribution is -0.141. The molecule has 0 saturated heterocycles. The molecular weight excluding hydrogens is 415 g/mol.